The van der Waals surface area contributed by atoms with Crippen LogP contribution in [0.4, 0.5) is 0 Å². The molecular weight excluding hydrogens is 562 g/mol. The summed E-state index contributed by atoms with van der Waals surface area (Å²) in [5, 5.41) is 1.21. The molecule has 0 unspecified atom stereocenters. The molecule has 0 saturated carbocycles. The molecule has 4 aromatic heterocycles. The van der Waals surface area contributed by atoms with Gasteiger partial charge in [0.15, 0.2) is 0 Å². The lowest BCUT2D eigenvalue weighted by atomic mass is 10.1. The molecule has 0 atom stereocenters. The van der Waals surface area contributed by atoms with E-state index in [9.17, 15) is 0 Å². The van der Waals surface area contributed by atoms with E-state index in [-0.39, 0.29) is 22.3 Å². The molecule has 0 radical (unpaired) electrons. The van der Waals surface area contributed by atoms with Crippen LogP contribution in [0.3, 0.4) is 0 Å². The number of pyridine rings is 2. The van der Waals surface area contributed by atoms with Crippen molar-refractivity contribution in [2.75, 3.05) is 0 Å². The molecule has 1 aliphatic heterocycles. The maximum atomic E-state index is 4.61. The van der Waals surface area contributed by atoms with Crippen LogP contribution in [0, 0.1) is 0 Å². The van der Waals surface area contributed by atoms with E-state index < -0.39 is 0 Å². The second kappa shape index (κ2) is 25.7. The highest BCUT2D eigenvalue weighted by Crippen LogP contribution is 2.19. The Hall–Kier alpha value is -3.47. The Morgan fingerprint density at radius 3 is 1.70 bits per heavy atom. The summed E-state index contributed by atoms with van der Waals surface area (Å²) in [4.78, 5) is 13.7. The van der Waals surface area contributed by atoms with Gasteiger partial charge >= 0.3 is 0 Å². The monoisotopic (exact) mass is 634 g/mol. The largest absolute Gasteiger partial charge is 0.335 e. The van der Waals surface area contributed by atoms with Crippen LogP contribution >= 0.6 is 0 Å². The van der Waals surface area contributed by atoms with E-state index in [1.807, 2.05) is 78.1 Å². The second-order valence-electron chi connectivity index (χ2n) is 10.8. The number of aromatic nitrogens is 5. The van der Waals surface area contributed by atoms with Crippen LogP contribution in [0.15, 0.2) is 73.2 Å². The molecule has 1 aromatic carbocycles. The molecule has 0 fully saturated rings. The van der Waals surface area contributed by atoms with Gasteiger partial charge in [-0.05, 0) is 54.9 Å². The van der Waals surface area contributed by atoms with Gasteiger partial charge in [-0.3, -0.25) is 4.98 Å². The van der Waals surface area contributed by atoms with E-state index in [0.717, 1.165) is 16.9 Å². The molecule has 5 heteroatoms. The normalized spacial score (nSPS) is 10.8. The van der Waals surface area contributed by atoms with Crippen LogP contribution in [0.1, 0.15) is 159 Å². The molecule has 5 aromatic rings. The predicted molar refractivity (Wildman–Crippen MR) is 209 cm³/mol. The third-order valence-corrected chi connectivity index (χ3v) is 6.70. The Kier molecular flexibility index (Phi) is 26.2. The van der Waals surface area contributed by atoms with E-state index in [4.69, 9.17) is 0 Å². The molecule has 0 spiro atoms. The summed E-state index contributed by atoms with van der Waals surface area (Å²) in [5.41, 5.74) is 5.70. The van der Waals surface area contributed by atoms with Crippen molar-refractivity contribution < 1.29 is 0 Å². The summed E-state index contributed by atoms with van der Waals surface area (Å²) in [7, 11) is 0. The summed E-state index contributed by atoms with van der Waals surface area (Å²) in [6.45, 7) is 26.2. The van der Waals surface area contributed by atoms with Crippen LogP contribution in [0.2, 0.25) is 0 Å². The van der Waals surface area contributed by atoms with Crippen molar-refractivity contribution in [1.29, 1.82) is 0 Å². The van der Waals surface area contributed by atoms with Crippen molar-refractivity contribution in [3.05, 3.63) is 96.1 Å². The van der Waals surface area contributed by atoms with Gasteiger partial charge in [0.25, 0.3) is 0 Å². The number of aryl methyl sites for hydroxylation is 2. The number of hydrogen-bond acceptors (Lipinski definition) is 3. The molecule has 5 nitrogen and oxygen atoms in total. The number of fused-ring (bicyclic) bond motifs is 3. The van der Waals surface area contributed by atoms with Gasteiger partial charge in [0, 0.05) is 42.6 Å². The summed E-state index contributed by atoms with van der Waals surface area (Å²) < 4.78 is 4.37. The summed E-state index contributed by atoms with van der Waals surface area (Å²) in [6, 6.07) is 18.5. The highest BCUT2D eigenvalue weighted by atomic mass is 15.1. The summed E-state index contributed by atoms with van der Waals surface area (Å²) in [6.07, 6.45) is 10.1. The number of hydrogen-bond donors (Lipinski definition) is 0. The molecule has 0 amide bonds. The fraction of sp³-hybridized carbons (Fsp3) is 0.537. The van der Waals surface area contributed by atoms with E-state index in [1.54, 1.807) is 0 Å². The van der Waals surface area contributed by atoms with Gasteiger partial charge in [0.1, 0.15) is 11.5 Å². The Morgan fingerprint density at radius 2 is 1.13 bits per heavy atom. The third-order valence-electron chi connectivity index (χ3n) is 6.70. The first-order chi connectivity index (χ1) is 20.8. The minimum Gasteiger partial charge on any atom is -0.335 e. The third kappa shape index (κ3) is 14.3. The van der Waals surface area contributed by atoms with E-state index in [0.29, 0.717) is 17.8 Å². The highest BCUT2D eigenvalue weighted by Gasteiger charge is 2.13. The Bertz CT molecular complexity index is 1370. The van der Waals surface area contributed by atoms with E-state index in [2.05, 4.69) is 102 Å². The zero-order valence-corrected chi connectivity index (χ0v) is 29.2. The van der Waals surface area contributed by atoms with E-state index >= 15 is 0 Å². The van der Waals surface area contributed by atoms with Gasteiger partial charge in [0.2, 0.25) is 0 Å². The molecule has 0 aliphatic carbocycles. The molecule has 0 N–H and O–H groups in total. The van der Waals surface area contributed by atoms with Crippen molar-refractivity contribution in [2.24, 2.45) is 0 Å². The maximum Gasteiger partial charge on any atom is 0.136 e. The zero-order chi connectivity index (χ0) is 32.4. The van der Waals surface area contributed by atoms with Crippen LogP contribution in [0.5, 0.6) is 0 Å². The van der Waals surface area contributed by atoms with Crippen molar-refractivity contribution in [3.63, 3.8) is 0 Å². The Labute approximate surface area is 284 Å². The highest BCUT2D eigenvalue weighted by molar-refractivity contribution is 5.78. The maximum absolute atomic E-state index is 4.61. The van der Waals surface area contributed by atoms with Gasteiger partial charge in [0.05, 0.1) is 16.9 Å². The lowest BCUT2D eigenvalue weighted by molar-refractivity contribution is 0.522. The number of imidazole rings is 2. The van der Waals surface area contributed by atoms with Crippen LogP contribution in [0.25, 0.3) is 16.6 Å². The van der Waals surface area contributed by atoms with Crippen molar-refractivity contribution in [3.8, 4) is 0 Å². The standard InChI is InChI=1S/C12H13N.C10H16N2.C10H12N2.3C2H6.3CH4/c1-9(2)11-8-7-10-5-3-4-6-12(10)13-11;2*1-8(2)9-7-12-6-4-3-5-10(12)11-9;3*1-2;;;/h3-9H,1-2H3;7-8H,3-6H2,1-2H3;3-8H,1-2H3;3*1-2H3;3*1H4. The lowest BCUT2D eigenvalue weighted by Gasteiger charge is -2.11. The fourth-order valence-corrected chi connectivity index (χ4v) is 4.35. The van der Waals surface area contributed by atoms with Gasteiger partial charge in [-0.15, -0.1) is 0 Å². The fourth-order valence-electron chi connectivity index (χ4n) is 4.35. The molecule has 1 aliphatic rings. The quantitative estimate of drug-likeness (QED) is 0.199. The molecule has 260 valence electrons. The Morgan fingerprint density at radius 1 is 0.565 bits per heavy atom. The summed E-state index contributed by atoms with van der Waals surface area (Å²) >= 11 is 0. The SMILES string of the molecule is C.C.C.CC.CC.CC.CC(C)c1ccc2ccccc2n1.CC(C)c1cn2c(n1)CCCC2.CC(C)c1cn2ccccc2n1. The van der Waals surface area contributed by atoms with Crippen LogP contribution in [-0.2, 0) is 13.0 Å². The zero-order valence-electron chi connectivity index (χ0n) is 29.2. The smallest absolute Gasteiger partial charge is 0.136 e. The first-order valence-electron chi connectivity index (χ1n) is 16.7. The predicted octanol–water partition coefficient (Wildman–Crippen LogP) is 13.1. The number of benzene rings is 1. The minimum absolute atomic E-state index is 0. The minimum atomic E-state index is 0. The van der Waals surface area contributed by atoms with Crippen LogP contribution in [-0.4, -0.2) is 23.9 Å². The first kappa shape index (κ1) is 46.9. The average Bonchev–Trinajstić information content (AvgIpc) is 3.70. The van der Waals surface area contributed by atoms with Crippen LogP contribution < -0.4 is 0 Å². The molecule has 0 bridgehead atoms. The summed E-state index contributed by atoms with van der Waals surface area (Å²) in [5.74, 6) is 2.88. The number of rotatable bonds is 3. The molecule has 46 heavy (non-hydrogen) atoms. The van der Waals surface area contributed by atoms with Gasteiger partial charge in [-0.1, -0.05) is 136 Å². The topological polar surface area (TPSA) is 48.0 Å². The number of para-hydroxylation sites is 1. The second-order valence-corrected chi connectivity index (χ2v) is 10.8. The molecule has 6 rings (SSSR count). The van der Waals surface area contributed by atoms with Crippen molar-refractivity contribution in [2.45, 2.75) is 149 Å². The molecule has 0 saturated heterocycles. The van der Waals surface area contributed by atoms with Gasteiger partial charge in [-0.2, -0.15) is 0 Å². The lowest BCUT2D eigenvalue weighted by Crippen LogP contribution is -2.08. The van der Waals surface area contributed by atoms with Crippen molar-refractivity contribution in [1.82, 2.24) is 23.9 Å². The first-order valence-corrected chi connectivity index (χ1v) is 16.7. The van der Waals surface area contributed by atoms with Gasteiger partial charge < -0.3 is 8.97 Å². The Balaban J connectivity index is -0.000000541. The molecule has 5 heterocycles. The van der Waals surface area contributed by atoms with Gasteiger partial charge in [-0.25, -0.2) is 9.97 Å². The average molecular weight is 634 g/mol. The van der Waals surface area contributed by atoms with Crippen molar-refractivity contribution >= 4 is 16.6 Å². The molecular formula is C41H71N5. The number of nitrogens with zero attached hydrogens (tertiary/aromatic N) is 5. The van der Waals surface area contributed by atoms with E-state index in [1.165, 1.54) is 48.4 Å².